The minimum Gasteiger partial charge on any atom is -0.206 e. The van der Waals surface area contributed by atoms with Gasteiger partial charge in [0, 0.05) is 6.42 Å². The molecule has 50 valence electrons. The van der Waals surface area contributed by atoms with Crippen LogP contribution >= 0.6 is 0 Å². The lowest BCUT2D eigenvalue weighted by molar-refractivity contribution is -0.546. The third-order valence-corrected chi connectivity index (χ3v) is 0.859. The van der Waals surface area contributed by atoms with Crippen molar-refractivity contribution in [1.82, 2.24) is 0 Å². The first kappa shape index (κ1) is 8.10. The van der Waals surface area contributed by atoms with Crippen molar-refractivity contribution in [1.29, 1.82) is 0 Å². The molecule has 1 heterocycles. The maximum Gasteiger partial charge on any atom is 0.0956 e. The van der Waals surface area contributed by atoms with Gasteiger partial charge < -0.3 is 0 Å². The van der Waals surface area contributed by atoms with Gasteiger partial charge in [-0.3, -0.25) is 0 Å². The van der Waals surface area contributed by atoms with Gasteiger partial charge in [0.25, 0.3) is 0 Å². The Morgan fingerprint density at radius 1 is 1.50 bits per heavy atom. The smallest absolute Gasteiger partial charge is 0.0956 e. The molecule has 4 heteroatoms. The minimum atomic E-state index is 0. The second-order valence-electron chi connectivity index (χ2n) is 1.59. The first-order chi connectivity index (χ1) is 3.39. The average molecular weight is 136 g/mol. The maximum absolute atomic E-state index is 4.56. The Bertz CT molecular complexity index is 53.2. The molecular formula is C4H12O3Si. The van der Waals surface area contributed by atoms with Crippen LogP contribution < -0.4 is 0 Å². The molecule has 1 fully saturated rings. The molecule has 1 aliphatic heterocycles. The third-order valence-electron chi connectivity index (χ3n) is 0.859. The molecule has 1 saturated heterocycles. The van der Waals surface area contributed by atoms with E-state index in [1.54, 1.807) is 0 Å². The molecule has 0 aromatic carbocycles. The number of hydrogen-bond donors (Lipinski definition) is 0. The summed E-state index contributed by atoms with van der Waals surface area (Å²) in [5.74, 6) is 0. The van der Waals surface area contributed by atoms with Gasteiger partial charge in [-0.2, -0.15) is 0 Å². The number of hydrogen-bond acceptors (Lipinski definition) is 3. The second kappa shape index (κ2) is 4.02. The van der Waals surface area contributed by atoms with Crippen LogP contribution in [0.5, 0.6) is 0 Å². The zero-order valence-corrected chi connectivity index (χ0v) is 4.22. The summed E-state index contributed by atoms with van der Waals surface area (Å²) in [5.41, 5.74) is 0. The van der Waals surface area contributed by atoms with Gasteiger partial charge in [-0.15, -0.1) is 0 Å². The molecule has 0 aliphatic carbocycles. The van der Waals surface area contributed by atoms with Gasteiger partial charge in [-0.1, -0.05) is 5.04 Å². The maximum atomic E-state index is 4.56. The van der Waals surface area contributed by atoms with Crippen LogP contribution in [-0.4, -0.2) is 23.7 Å². The van der Waals surface area contributed by atoms with E-state index in [9.17, 15) is 0 Å². The molecule has 0 saturated carbocycles. The second-order valence-corrected chi connectivity index (χ2v) is 1.59. The van der Waals surface area contributed by atoms with Gasteiger partial charge in [0.05, 0.1) is 12.7 Å². The van der Waals surface area contributed by atoms with E-state index < -0.39 is 0 Å². The fourth-order valence-corrected chi connectivity index (χ4v) is 0.391. The molecule has 1 unspecified atom stereocenters. The first-order valence-corrected chi connectivity index (χ1v) is 2.34. The van der Waals surface area contributed by atoms with Crippen LogP contribution in [0.25, 0.3) is 0 Å². The van der Waals surface area contributed by atoms with Gasteiger partial charge in [0.2, 0.25) is 0 Å². The topological polar surface area (TPSA) is 27.7 Å². The van der Waals surface area contributed by atoms with E-state index >= 15 is 0 Å². The van der Waals surface area contributed by atoms with Crippen LogP contribution in [0.2, 0.25) is 0 Å². The van der Waals surface area contributed by atoms with E-state index in [1.807, 2.05) is 6.92 Å². The van der Waals surface area contributed by atoms with Crippen molar-refractivity contribution in [3.05, 3.63) is 0 Å². The molecule has 0 amide bonds. The molecule has 0 radical (unpaired) electrons. The molecule has 3 nitrogen and oxygen atoms in total. The molecule has 0 N–H and O–H groups in total. The van der Waals surface area contributed by atoms with Gasteiger partial charge in [-0.25, -0.2) is 9.78 Å². The zero-order chi connectivity index (χ0) is 5.11. The predicted octanol–water partition coefficient (Wildman–Crippen LogP) is -0.793. The fraction of sp³-hybridized carbons (Fsp3) is 1.00. The summed E-state index contributed by atoms with van der Waals surface area (Å²) in [5, 5.41) is 4.18. The highest BCUT2D eigenvalue weighted by atomic mass is 28.1. The summed E-state index contributed by atoms with van der Waals surface area (Å²) in [4.78, 5) is 8.97. The summed E-state index contributed by atoms with van der Waals surface area (Å²) < 4.78 is 0. The lowest BCUT2D eigenvalue weighted by Gasteiger charge is -2.14. The minimum absolute atomic E-state index is 0. The molecule has 0 bridgehead atoms. The Balaban J connectivity index is 0.000000490. The number of rotatable bonds is 0. The van der Waals surface area contributed by atoms with Crippen molar-refractivity contribution in [3.8, 4) is 0 Å². The quantitative estimate of drug-likeness (QED) is 0.322. The zero-order valence-electron chi connectivity index (χ0n) is 4.22. The Morgan fingerprint density at radius 2 is 2.25 bits per heavy atom. The molecule has 0 aromatic heterocycles. The van der Waals surface area contributed by atoms with Crippen molar-refractivity contribution in [2.75, 3.05) is 6.61 Å². The summed E-state index contributed by atoms with van der Waals surface area (Å²) in [6, 6.07) is 0. The van der Waals surface area contributed by atoms with Crippen molar-refractivity contribution >= 4 is 11.0 Å². The predicted molar refractivity (Wildman–Crippen MR) is 33.5 cm³/mol. The molecule has 0 aromatic rings. The highest BCUT2D eigenvalue weighted by Gasteiger charge is 2.08. The summed E-state index contributed by atoms with van der Waals surface area (Å²) >= 11 is 0. The van der Waals surface area contributed by atoms with Crippen LogP contribution in [-0.2, 0) is 14.8 Å². The largest absolute Gasteiger partial charge is 0.206 e. The highest BCUT2D eigenvalue weighted by molar-refractivity contribution is 5.75. The van der Waals surface area contributed by atoms with Gasteiger partial charge >= 0.3 is 0 Å². The van der Waals surface area contributed by atoms with E-state index in [4.69, 9.17) is 0 Å². The molecule has 8 heavy (non-hydrogen) atoms. The normalized spacial score (nSPS) is 28.9. The van der Waals surface area contributed by atoms with Crippen LogP contribution in [0.1, 0.15) is 13.3 Å². The van der Waals surface area contributed by atoms with E-state index in [2.05, 4.69) is 14.8 Å². The Kier molecular flexibility index (Phi) is 4.07. The lowest BCUT2D eigenvalue weighted by atomic mass is 10.3. The Morgan fingerprint density at radius 3 is 2.50 bits per heavy atom. The van der Waals surface area contributed by atoms with E-state index in [0.29, 0.717) is 6.61 Å². The molecule has 1 atom stereocenters. The van der Waals surface area contributed by atoms with Crippen LogP contribution in [0.4, 0.5) is 0 Å². The summed E-state index contributed by atoms with van der Waals surface area (Å²) in [6.07, 6.45) is 1.11. The van der Waals surface area contributed by atoms with Crippen molar-refractivity contribution < 1.29 is 14.8 Å². The van der Waals surface area contributed by atoms with Gasteiger partial charge in [0.1, 0.15) is 0 Å². The molecule has 0 spiro atoms. The van der Waals surface area contributed by atoms with Crippen molar-refractivity contribution in [3.63, 3.8) is 0 Å². The van der Waals surface area contributed by atoms with Crippen molar-refractivity contribution in [2.45, 2.75) is 19.4 Å². The standard InChI is InChI=1S/C4H8O3.H4Si/c1-4-2-3-5-7-6-4;/h4H,2-3H2,1H3;1H4. The van der Waals surface area contributed by atoms with E-state index in [1.165, 1.54) is 0 Å². The molecule has 1 aliphatic rings. The lowest BCUT2D eigenvalue weighted by Crippen LogP contribution is -2.18. The van der Waals surface area contributed by atoms with Crippen LogP contribution in [0, 0.1) is 0 Å². The van der Waals surface area contributed by atoms with Crippen LogP contribution in [0.3, 0.4) is 0 Å². The first-order valence-electron chi connectivity index (χ1n) is 2.34. The molecular weight excluding hydrogens is 124 g/mol. The summed E-state index contributed by atoms with van der Waals surface area (Å²) in [6.45, 7) is 2.57. The SMILES string of the molecule is CC1CCOOO1.[SiH4]. The van der Waals surface area contributed by atoms with Crippen molar-refractivity contribution in [2.24, 2.45) is 0 Å². The average Bonchev–Trinajstić information content (AvgIpc) is 1.69. The summed E-state index contributed by atoms with van der Waals surface area (Å²) in [7, 11) is 0. The third kappa shape index (κ3) is 2.42. The van der Waals surface area contributed by atoms with Gasteiger partial charge in [0.15, 0.2) is 0 Å². The Labute approximate surface area is 52.8 Å². The Hall–Kier alpha value is 0.0969. The molecule has 1 rings (SSSR count). The highest BCUT2D eigenvalue weighted by Crippen LogP contribution is 2.04. The fourth-order valence-electron chi connectivity index (χ4n) is 0.391. The monoisotopic (exact) mass is 136 g/mol. The van der Waals surface area contributed by atoms with E-state index in [0.717, 1.165) is 6.42 Å². The van der Waals surface area contributed by atoms with Gasteiger partial charge in [-0.05, 0) is 17.9 Å². The van der Waals surface area contributed by atoms with Crippen LogP contribution in [0.15, 0.2) is 0 Å². The van der Waals surface area contributed by atoms with E-state index in [-0.39, 0.29) is 17.1 Å².